The molecule has 0 saturated carbocycles. The predicted octanol–water partition coefficient (Wildman–Crippen LogP) is 5.06. The van der Waals surface area contributed by atoms with Gasteiger partial charge in [-0.2, -0.15) is 4.98 Å². The number of thioether (sulfide) groups is 1. The minimum atomic E-state index is -0.711. The number of amides is 1. The van der Waals surface area contributed by atoms with Crippen LogP contribution in [0.2, 0.25) is 0 Å². The number of anilines is 2. The molecule has 1 aliphatic heterocycles. The highest BCUT2D eigenvalue weighted by atomic mass is 32.2. The van der Waals surface area contributed by atoms with Gasteiger partial charge < -0.3 is 24.8 Å². The molecular formula is C28H27FN6O4S. The van der Waals surface area contributed by atoms with Crippen LogP contribution in [-0.2, 0) is 10.5 Å². The molecule has 1 atom stereocenters. The van der Waals surface area contributed by atoms with Gasteiger partial charge in [-0.05, 0) is 48.4 Å². The van der Waals surface area contributed by atoms with E-state index in [1.54, 1.807) is 66.5 Å². The molecule has 0 spiro atoms. The summed E-state index contributed by atoms with van der Waals surface area (Å²) in [6, 6.07) is 12.9. The van der Waals surface area contributed by atoms with E-state index in [1.807, 2.05) is 0 Å². The van der Waals surface area contributed by atoms with Crippen LogP contribution in [0.3, 0.4) is 0 Å². The second-order valence-corrected chi connectivity index (χ2v) is 9.71. The van der Waals surface area contributed by atoms with Crippen molar-refractivity contribution >= 4 is 29.3 Å². The number of carbonyl (C=O) groups excluding carboxylic acids is 1. The van der Waals surface area contributed by atoms with Crippen LogP contribution < -0.4 is 24.8 Å². The Labute approximate surface area is 234 Å². The van der Waals surface area contributed by atoms with Crippen molar-refractivity contribution in [3.05, 3.63) is 89.1 Å². The number of halogens is 1. The van der Waals surface area contributed by atoms with Crippen LogP contribution in [0.5, 0.6) is 17.2 Å². The molecule has 4 aromatic rings. The fourth-order valence-electron chi connectivity index (χ4n) is 4.45. The molecular weight excluding hydrogens is 535 g/mol. The van der Waals surface area contributed by atoms with Gasteiger partial charge in [0.2, 0.25) is 16.9 Å². The number of hydrogen-bond donors (Lipinski definition) is 2. The largest absolute Gasteiger partial charge is 0.493 e. The molecule has 0 bridgehead atoms. The number of nitrogens with zero attached hydrogens (tertiary/aromatic N) is 4. The monoisotopic (exact) mass is 562 g/mol. The van der Waals surface area contributed by atoms with Crippen LogP contribution >= 0.6 is 11.8 Å². The van der Waals surface area contributed by atoms with Gasteiger partial charge in [-0.15, -0.1) is 5.10 Å². The Kier molecular flexibility index (Phi) is 7.87. The Morgan fingerprint density at radius 1 is 1.10 bits per heavy atom. The number of rotatable bonds is 9. The average Bonchev–Trinajstić information content (AvgIpc) is 3.37. The maximum atomic E-state index is 14.2. The number of hydrogen-bond acceptors (Lipinski definition) is 9. The molecule has 5 rings (SSSR count). The first kappa shape index (κ1) is 27.0. The SMILES string of the molecule is COc1cc(C2C(C(=O)Nc3cccnc3)=C(C)Nc3nc(SCc4ccccc4F)nn32)cc(OC)c1OC. The zero-order chi connectivity index (χ0) is 28.2. The summed E-state index contributed by atoms with van der Waals surface area (Å²) in [7, 11) is 4.58. The summed E-state index contributed by atoms with van der Waals surface area (Å²) in [6.45, 7) is 1.80. The molecule has 2 aromatic heterocycles. The van der Waals surface area contributed by atoms with Gasteiger partial charge >= 0.3 is 0 Å². The van der Waals surface area contributed by atoms with Gasteiger partial charge in [0.05, 0.1) is 38.8 Å². The summed E-state index contributed by atoms with van der Waals surface area (Å²) in [5, 5.41) is 11.3. The van der Waals surface area contributed by atoms with Gasteiger partial charge in [-0.25, -0.2) is 9.07 Å². The number of pyridine rings is 1. The predicted molar refractivity (Wildman–Crippen MR) is 149 cm³/mol. The molecule has 1 aliphatic rings. The molecule has 206 valence electrons. The van der Waals surface area contributed by atoms with Crippen molar-refractivity contribution in [3.8, 4) is 17.2 Å². The highest BCUT2D eigenvalue weighted by Gasteiger charge is 2.36. The van der Waals surface area contributed by atoms with Crippen LogP contribution in [0, 0.1) is 5.82 Å². The number of carbonyl (C=O) groups is 1. The Morgan fingerprint density at radius 2 is 1.85 bits per heavy atom. The lowest BCUT2D eigenvalue weighted by Crippen LogP contribution is -2.31. The van der Waals surface area contributed by atoms with E-state index in [0.29, 0.717) is 62.2 Å². The quantitative estimate of drug-likeness (QED) is 0.270. The first-order valence-electron chi connectivity index (χ1n) is 12.2. The Bertz CT molecular complexity index is 1550. The molecule has 2 N–H and O–H groups in total. The van der Waals surface area contributed by atoms with E-state index in [4.69, 9.17) is 19.3 Å². The zero-order valence-corrected chi connectivity index (χ0v) is 23.1. The number of ether oxygens (including phenoxy) is 3. The smallest absolute Gasteiger partial charge is 0.255 e. The molecule has 3 heterocycles. The number of aromatic nitrogens is 4. The maximum Gasteiger partial charge on any atom is 0.255 e. The lowest BCUT2D eigenvalue weighted by molar-refractivity contribution is -0.113. The van der Waals surface area contributed by atoms with Crippen molar-refractivity contribution in [1.29, 1.82) is 0 Å². The molecule has 2 aromatic carbocycles. The van der Waals surface area contributed by atoms with Crippen molar-refractivity contribution in [1.82, 2.24) is 19.7 Å². The molecule has 12 heteroatoms. The summed E-state index contributed by atoms with van der Waals surface area (Å²) < 4.78 is 32.5. The van der Waals surface area contributed by atoms with Crippen molar-refractivity contribution < 1.29 is 23.4 Å². The molecule has 1 amide bonds. The van der Waals surface area contributed by atoms with E-state index in [0.717, 1.165) is 0 Å². The van der Waals surface area contributed by atoms with Crippen LogP contribution in [0.1, 0.15) is 24.1 Å². The Morgan fingerprint density at radius 3 is 2.50 bits per heavy atom. The van der Waals surface area contributed by atoms with Gasteiger partial charge in [0.15, 0.2) is 11.5 Å². The number of methoxy groups -OCH3 is 3. The van der Waals surface area contributed by atoms with Crippen LogP contribution in [-0.4, -0.2) is 47.0 Å². The molecule has 0 fully saturated rings. The first-order valence-corrected chi connectivity index (χ1v) is 13.2. The third-order valence-corrected chi connectivity index (χ3v) is 7.20. The summed E-state index contributed by atoms with van der Waals surface area (Å²) >= 11 is 1.29. The van der Waals surface area contributed by atoms with Crippen LogP contribution in [0.4, 0.5) is 16.0 Å². The van der Waals surface area contributed by atoms with E-state index in [1.165, 1.54) is 39.2 Å². The molecule has 0 radical (unpaired) electrons. The lowest BCUT2D eigenvalue weighted by atomic mass is 9.94. The van der Waals surface area contributed by atoms with E-state index < -0.39 is 6.04 Å². The molecule has 1 unspecified atom stereocenters. The maximum absolute atomic E-state index is 14.2. The highest BCUT2D eigenvalue weighted by Crippen LogP contribution is 2.44. The van der Waals surface area contributed by atoms with Crippen LogP contribution in [0.15, 0.2) is 77.4 Å². The first-order chi connectivity index (χ1) is 19.4. The fraction of sp³-hybridized carbons (Fsp3) is 0.214. The molecule has 0 aliphatic carbocycles. The fourth-order valence-corrected chi connectivity index (χ4v) is 5.26. The van der Waals surface area contributed by atoms with Crippen LogP contribution in [0.25, 0.3) is 0 Å². The molecule has 10 nitrogen and oxygen atoms in total. The molecule has 0 saturated heterocycles. The van der Waals surface area contributed by atoms with E-state index in [2.05, 4.69) is 20.6 Å². The van der Waals surface area contributed by atoms with Gasteiger partial charge in [-0.3, -0.25) is 9.78 Å². The minimum absolute atomic E-state index is 0.292. The van der Waals surface area contributed by atoms with Gasteiger partial charge in [0, 0.05) is 17.6 Å². The Balaban J connectivity index is 1.58. The lowest BCUT2D eigenvalue weighted by Gasteiger charge is -2.29. The number of nitrogens with one attached hydrogen (secondary N) is 2. The van der Waals surface area contributed by atoms with E-state index in [9.17, 15) is 9.18 Å². The summed E-state index contributed by atoms with van der Waals surface area (Å²) in [6.07, 6.45) is 3.19. The van der Waals surface area contributed by atoms with Gasteiger partial charge in [-0.1, -0.05) is 30.0 Å². The number of fused-ring (bicyclic) bond motifs is 1. The third kappa shape index (κ3) is 5.30. The second-order valence-electron chi connectivity index (χ2n) is 8.76. The highest BCUT2D eigenvalue weighted by molar-refractivity contribution is 7.98. The average molecular weight is 563 g/mol. The van der Waals surface area contributed by atoms with Crippen molar-refractivity contribution in [2.24, 2.45) is 0 Å². The molecule has 40 heavy (non-hydrogen) atoms. The minimum Gasteiger partial charge on any atom is -0.493 e. The topological polar surface area (TPSA) is 112 Å². The zero-order valence-electron chi connectivity index (χ0n) is 22.3. The van der Waals surface area contributed by atoms with Crippen molar-refractivity contribution in [2.75, 3.05) is 32.0 Å². The number of benzene rings is 2. The summed E-state index contributed by atoms with van der Waals surface area (Å²) in [5.41, 5.74) is 2.73. The normalized spacial score (nSPS) is 14.3. The van der Waals surface area contributed by atoms with E-state index in [-0.39, 0.29) is 11.7 Å². The second kappa shape index (κ2) is 11.7. The standard InChI is InChI=1S/C28H27FN6O4S/c1-16-23(26(36)32-19-9-7-11-30-14-19)24(18-12-21(37-2)25(39-4)22(13-18)38-3)35-27(31-16)33-28(34-35)40-15-17-8-5-6-10-20(17)29/h5-14,24H,15H2,1-4H3,(H,32,36)(H,31,33,34). The van der Waals surface area contributed by atoms with Crippen molar-refractivity contribution in [3.63, 3.8) is 0 Å². The summed E-state index contributed by atoms with van der Waals surface area (Å²) in [5.74, 6) is 1.41. The number of allylic oxidation sites excluding steroid dienone is 1. The van der Waals surface area contributed by atoms with Crippen molar-refractivity contribution in [2.45, 2.75) is 23.9 Å². The summed E-state index contributed by atoms with van der Waals surface area (Å²) in [4.78, 5) is 22.4. The Hall–Kier alpha value is -4.58. The van der Waals surface area contributed by atoms with Gasteiger partial charge in [0.1, 0.15) is 11.9 Å². The van der Waals surface area contributed by atoms with Gasteiger partial charge in [0.25, 0.3) is 5.91 Å². The third-order valence-electron chi connectivity index (χ3n) is 6.31. The van der Waals surface area contributed by atoms with E-state index >= 15 is 0 Å².